The molecule has 0 amide bonds. The maximum atomic E-state index is 5.24. The number of nitrogens with one attached hydrogen (secondary N) is 2. The number of likely N-dealkylation sites (tertiary alicyclic amines) is 1. The van der Waals surface area contributed by atoms with Gasteiger partial charge in [-0.15, -0.1) is 0 Å². The van der Waals surface area contributed by atoms with E-state index in [4.69, 9.17) is 4.74 Å². The monoisotopic (exact) mass is 326 g/mol. The molecule has 1 atom stereocenters. The summed E-state index contributed by atoms with van der Waals surface area (Å²) in [4.78, 5) is 3.37. The first kappa shape index (κ1) is 17.0. The lowest BCUT2D eigenvalue weighted by Gasteiger charge is -2.32. The summed E-state index contributed by atoms with van der Waals surface area (Å²) < 4.78 is 5.24. The van der Waals surface area contributed by atoms with Gasteiger partial charge in [0.25, 0.3) is 0 Å². The summed E-state index contributed by atoms with van der Waals surface area (Å²) in [5, 5.41) is 0. The van der Waals surface area contributed by atoms with Gasteiger partial charge in [-0.2, -0.15) is 0 Å². The SMILES string of the molecule is COc1ccc(C[NH+]2CCC([NH+](C)Cc3ccccc3)CC2)cc1. The molecule has 0 saturated carbocycles. The van der Waals surface area contributed by atoms with Crippen LogP contribution in [0.2, 0.25) is 0 Å². The van der Waals surface area contributed by atoms with Crippen molar-refractivity contribution in [3.8, 4) is 5.75 Å². The van der Waals surface area contributed by atoms with E-state index < -0.39 is 0 Å². The first-order valence-corrected chi connectivity index (χ1v) is 9.07. The third-order valence-corrected chi connectivity index (χ3v) is 5.33. The van der Waals surface area contributed by atoms with Gasteiger partial charge in [-0.3, -0.25) is 0 Å². The van der Waals surface area contributed by atoms with Crippen molar-refractivity contribution in [2.24, 2.45) is 0 Å². The van der Waals surface area contributed by atoms with E-state index in [0.717, 1.165) is 24.9 Å². The highest BCUT2D eigenvalue weighted by molar-refractivity contribution is 5.26. The molecule has 1 heterocycles. The number of piperidine rings is 1. The van der Waals surface area contributed by atoms with Crippen LogP contribution in [-0.4, -0.2) is 33.3 Å². The van der Waals surface area contributed by atoms with E-state index in [1.165, 1.54) is 37.1 Å². The Balaban J connectivity index is 1.46. The molecule has 1 aliphatic heterocycles. The van der Waals surface area contributed by atoms with Crippen molar-refractivity contribution in [3.05, 3.63) is 65.7 Å². The molecule has 1 fully saturated rings. The van der Waals surface area contributed by atoms with Gasteiger partial charge in [0.1, 0.15) is 18.8 Å². The lowest BCUT2D eigenvalue weighted by Crippen LogP contribution is -3.18. The van der Waals surface area contributed by atoms with Crippen LogP contribution in [0.25, 0.3) is 0 Å². The molecule has 0 spiro atoms. The molecule has 1 unspecified atom stereocenters. The van der Waals surface area contributed by atoms with Crippen molar-refractivity contribution in [2.45, 2.75) is 32.0 Å². The maximum Gasteiger partial charge on any atom is 0.118 e. The predicted molar refractivity (Wildman–Crippen MR) is 97.4 cm³/mol. The van der Waals surface area contributed by atoms with Gasteiger partial charge < -0.3 is 14.5 Å². The highest BCUT2D eigenvalue weighted by Gasteiger charge is 2.27. The highest BCUT2D eigenvalue weighted by Crippen LogP contribution is 2.10. The molecule has 0 aliphatic carbocycles. The molecular weight excluding hydrogens is 296 g/mol. The topological polar surface area (TPSA) is 18.1 Å². The largest absolute Gasteiger partial charge is 0.497 e. The maximum absolute atomic E-state index is 5.24. The van der Waals surface area contributed by atoms with Gasteiger partial charge in [-0.05, 0) is 24.3 Å². The minimum Gasteiger partial charge on any atom is -0.497 e. The number of methoxy groups -OCH3 is 1. The summed E-state index contributed by atoms with van der Waals surface area (Å²) in [6.07, 6.45) is 2.65. The molecule has 128 valence electrons. The molecule has 1 aliphatic rings. The molecule has 0 radical (unpaired) electrons. The normalized spacial score (nSPS) is 22.1. The molecule has 3 nitrogen and oxygen atoms in total. The highest BCUT2D eigenvalue weighted by atomic mass is 16.5. The van der Waals surface area contributed by atoms with Crippen LogP contribution in [0.5, 0.6) is 5.75 Å². The van der Waals surface area contributed by atoms with Crippen LogP contribution in [0.4, 0.5) is 0 Å². The molecule has 0 bridgehead atoms. The molecule has 2 aromatic carbocycles. The zero-order valence-corrected chi connectivity index (χ0v) is 14.9. The average molecular weight is 326 g/mol. The fraction of sp³-hybridized carbons (Fsp3) is 0.429. The second-order valence-corrected chi connectivity index (χ2v) is 7.06. The number of ether oxygens (including phenoxy) is 1. The first-order valence-electron chi connectivity index (χ1n) is 9.07. The van der Waals surface area contributed by atoms with Crippen LogP contribution < -0.4 is 14.5 Å². The molecule has 2 aromatic rings. The number of hydrogen-bond donors (Lipinski definition) is 2. The van der Waals surface area contributed by atoms with Crippen LogP contribution in [0, 0.1) is 0 Å². The summed E-state index contributed by atoms with van der Waals surface area (Å²) in [6, 6.07) is 20.2. The van der Waals surface area contributed by atoms with Crippen molar-refractivity contribution in [1.82, 2.24) is 0 Å². The zero-order chi connectivity index (χ0) is 16.8. The van der Waals surface area contributed by atoms with Crippen molar-refractivity contribution in [3.63, 3.8) is 0 Å². The van der Waals surface area contributed by atoms with E-state index in [2.05, 4.69) is 61.6 Å². The summed E-state index contributed by atoms with van der Waals surface area (Å²) in [5.41, 5.74) is 2.86. The lowest BCUT2D eigenvalue weighted by atomic mass is 10.0. The van der Waals surface area contributed by atoms with Gasteiger partial charge in [-0.25, -0.2) is 0 Å². The van der Waals surface area contributed by atoms with E-state index in [0.29, 0.717) is 0 Å². The Morgan fingerprint density at radius 3 is 2.25 bits per heavy atom. The van der Waals surface area contributed by atoms with E-state index in [1.807, 2.05) is 0 Å². The summed E-state index contributed by atoms with van der Waals surface area (Å²) >= 11 is 0. The van der Waals surface area contributed by atoms with Crippen molar-refractivity contribution >= 4 is 0 Å². The minimum absolute atomic E-state index is 0.796. The molecular formula is C21H30N2O+2. The van der Waals surface area contributed by atoms with Crippen LogP contribution in [0.3, 0.4) is 0 Å². The van der Waals surface area contributed by atoms with Gasteiger partial charge in [0.2, 0.25) is 0 Å². The third kappa shape index (κ3) is 4.59. The van der Waals surface area contributed by atoms with Gasteiger partial charge in [-0.1, -0.05) is 30.3 Å². The Hall–Kier alpha value is -1.84. The Morgan fingerprint density at radius 1 is 0.958 bits per heavy atom. The molecule has 3 heteroatoms. The van der Waals surface area contributed by atoms with E-state index in [1.54, 1.807) is 16.9 Å². The molecule has 3 rings (SSSR count). The van der Waals surface area contributed by atoms with E-state index >= 15 is 0 Å². The van der Waals surface area contributed by atoms with Crippen molar-refractivity contribution in [1.29, 1.82) is 0 Å². The average Bonchev–Trinajstić information content (AvgIpc) is 2.64. The summed E-state index contributed by atoms with van der Waals surface area (Å²) in [6.45, 7) is 4.83. The van der Waals surface area contributed by atoms with E-state index in [9.17, 15) is 0 Å². The fourth-order valence-electron chi connectivity index (χ4n) is 3.79. The van der Waals surface area contributed by atoms with Gasteiger partial charge in [0, 0.05) is 24.0 Å². The Bertz CT molecular complexity index is 603. The molecule has 0 aromatic heterocycles. The smallest absolute Gasteiger partial charge is 0.118 e. The third-order valence-electron chi connectivity index (χ3n) is 5.33. The quantitative estimate of drug-likeness (QED) is 0.809. The second-order valence-electron chi connectivity index (χ2n) is 7.06. The fourth-order valence-corrected chi connectivity index (χ4v) is 3.79. The Morgan fingerprint density at radius 2 is 1.62 bits per heavy atom. The summed E-state index contributed by atoms with van der Waals surface area (Å²) in [7, 11) is 4.07. The van der Waals surface area contributed by atoms with E-state index in [-0.39, 0.29) is 0 Å². The van der Waals surface area contributed by atoms with Crippen LogP contribution in [0.1, 0.15) is 24.0 Å². The molecule has 2 N–H and O–H groups in total. The Labute approximate surface area is 145 Å². The molecule has 24 heavy (non-hydrogen) atoms. The first-order chi connectivity index (χ1) is 11.7. The number of rotatable bonds is 6. The predicted octanol–water partition coefficient (Wildman–Crippen LogP) is 0.957. The van der Waals surface area contributed by atoms with Crippen LogP contribution in [0.15, 0.2) is 54.6 Å². The Kier molecular flexibility index (Phi) is 5.89. The van der Waals surface area contributed by atoms with Crippen molar-refractivity contribution in [2.75, 3.05) is 27.2 Å². The number of quaternary nitrogens is 2. The van der Waals surface area contributed by atoms with Gasteiger partial charge in [0.05, 0.1) is 33.3 Å². The second kappa shape index (κ2) is 8.32. The van der Waals surface area contributed by atoms with Gasteiger partial charge in [0.15, 0.2) is 0 Å². The molecule has 1 saturated heterocycles. The minimum atomic E-state index is 0.796. The van der Waals surface area contributed by atoms with Gasteiger partial charge >= 0.3 is 0 Å². The van der Waals surface area contributed by atoms with Crippen LogP contribution >= 0.6 is 0 Å². The van der Waals surface area contributed by atoms with Crippen LogP contribution in [-0.2, 0) is 13.1 Å². The standard InChI is InChI=1S/C21H28N2O/c1-22(16-18-6-4-3-5-7-18)20-12-14-23(15-13-20)17-19-8-10-21(24-2)11-9-19/h3-11,20H,12-17H2,1-2H3/p+2. The summed E-state index contributed by atoms with van der Waals surface area (Å²) in [5.74, 6) is 0.943. The number of benzene rings is 2. The zero-order valence-electron chi connectivity index (χ0n) is 14.9. The lowest BCUT2D eigenvalue weighted by molar-refractivity contribution is -0.960. The number of hydrogen-bond acceptors (Lipinski definition) is 1. The van der Waals surface area contributed by atoms with Crippen molar-refractivity contribution < 1.29 is 14.5 Å².